The van der Waals surface area contributed by atoms with Gasteiger partial charge in [-0.1, -0.05) is 30.3 Å². The van der Waals surface area contributed by atoms with Gasteiger partial charge in [0.1, 0.15) is 0 Å². The molecule has 1 heterocycles. The summed E-state index contributed by atoms with van der Waals surface area (Å²) in [6.07, 6.45) is 0. The first-order valence-electron chi connectivity index (χ1n) is 8.38. The van der Waals surface area contributed by atoms with Crippen LogP contribution in [0.4, 0.5) is 0 Å². The van der Waals surface area contributed by atoms with Gasteiger partial charge in [-0.25, -0.2) is 0 Å². The van der Waals surface area contributed by atoms with E-state index in [1.165, 1.54) is 19.2 Å². The van der Waals surface area contributed by atoms with Crippen LogP contribution in [0, 0.1) is 0 Å². The fraction of sp³-hybridized carbons (Fsp3) is 0.250. The number of carbonyl (C=O) groups is 3. The molecule has 2 aromatic rings. The predicted molar refractivity (Wildman–Crippen MR) is 96.0 cm³/mol. The summed E-state index contributed by atoms with van der Waals surface area (Å²) in [5.74, 6) is -1.04. The minimum Gasteiger partial charge on any atom is -0.383 e. The summed E-state index contributed by atoms with van der Waals surface area (Å²) in [4.78, 5) is 38.4. The molecular formula is C20H20N2O4. The van der Waals surface area contributed by atoms with Crippen LogP contribution in [0.1, 0.15) is 49.6 Å². The van der Waals surface area contributed by atoms with E-state index in [1.54, 1.807) is 6.07 Å². The standard InChI is InChI=1S/C20H20N2O4/c1-13(14-6-4-3-5-7-14)21-18(23)15-8-9-16-17(12-15)20(25)22(19(16)24)10-11-26-2/h3-9,12-13H,10-11H2,1-2H3,(H,21,23)/t13-/m0/s1. The number of fused-ring (bicyclic) bond motifs is 1. The van der Waals surface area contributed by atoms with Crippen LogP contribution >= 0.6 is 0 Å². The maximum atomic E-state index is 12.5. The number of benzene rings is 2. The molecule has 0 fully saturated rings. The Morgan fingerprint density at radius 3 is 2.46 bits per heavy atom. The molecule has 26 heavy (non-hydrogen) atoms. The summed E-state index contributed by atoms with van der Waals surface area (Å²) >= 11 is 0. The third kappa shape index (κ3) is 3.36. The minimum atomic E-state index is -0.396. The van der Waals surface area contributed by atoms with Crippen molar-refractivity contribution in [1.29, 1.82) is 0 Å². The third-order valence-electron chi connectivity index (χ3n) is 4.40. The number of hydrogen-bond acceptors (Lipinski definition) is 4. The molecule has 3 rings (SSSR count). The molecule has 0 aromatic heterocycles. The van der Waals surface area contributed by atoms with Crippen molar-refractivity contribution in [1.82, 2.24) is 10.2 Å². The highest BCUT2D eigenvalue weighted by atomic mass is 16.5. The summed E-state index contributed by atoms with van der Waals surface area (Å²) in [7, 11) is 1.51. The lowest BCUT2D eigenvalue weighted by Gasteiger charge is -2.14. The summed E-state index contributed by atoms with van der Waals surface area (Å²) in [6.45, 7) is 2.35. The molecule has 0 saturated carbocycles. The number of imide groups is 1. The normalized spacial score (nSPS) is 14.3. The zero-order valence-electron chi connectivity index (χ0n) is 14.7. The first kappa shape index (κ1) is 17.8. The monoisotopic (exact) mass is 352 g/mol. The van der Waals surface area contributed by atoms with Crippen LogP contribution in [0.25, 0.3) is 0 Å². The Balaban J connectivity index is 1.78. The van der Waals surface area contributed by atoms with Gasteiger partial charge < -0.3 is 10.1 Å². The fourth-order valence-electron chi connectivity index (χ4n) is 2.92. The molecule has 6 heteroatoms. The van der Waals surface area contributed by atoms with Crippen LogP contribution in [-0.4, -0.2) is 42.9 Å². The molecule has 1 atom stereocenters. The smallest absolute Gasteiger partial charge is 0.261 e. The Morgan fingerprint density at radius 1 is 1.08 bits per heavy atom. The molecule has 6 nitrogen and oxygen atoms in total. The Bertz CT molecular complexity index is 848. The predicted octanol–water partition coefficient (Wildman–Crippen LogP) is 2.42. The van der Waals surface area contributed by atoms with Gasteiger partial charge in [0.15, 0.2) is 0 Å². The number of rotatable bonds is 6. The van der Waals surface area contributed by atoms with Crippen LogP contribution in [0.3, 0.4) is 0 Å². The van der Waals surface area contributed by atoms with Crippen molar-refractivity contribution in [3.8, 4) is 0 Å². The van der Waals surface area contributed by atoms with Gasteiger partial charge >= 0.3 is 0 Å². The van der Waals surface area contributed by atoms with E-state index >= 15 is 0 Å². The molecule has 0 saturated heterocycles. The highest BCUT2D eigenvalue weighted by Gasteiger charge is 2.35. The summed E-state index contributed by atoms with van der Waals surface area (Å²) in [6, 6.07) is 14.0. The summed E-state index contributed by atoms with van der Waals surface area (Å²) in [5, 5.41) is 2.91. The Labute approximate surface area is 151 Å². The number of nitrogens with one attached hydrogen (secondary N) is 1. The number of amides is 3. The maximum Gasteiger partial charge on any atom is 0.261 e. The first-order chi connectivity index (χ1) is 12.5. The van der Waals surface area contributed by atoms with Crippen LogP contribution < -0.4 is 5.32 Å². The average molecular weight is 352 g/mol. The zero-order valence-corrected chi connectivity index (χ0v) is 14.7. The van der Waals surface area contributed by atoms with Gasteiger partial charge in [0.25, 0.3) is 17.7 Å². The third-order valence-corrected chi connectivity index (χ3v) is 4.40. The fourth-order valence-corrected chi connectivity index (χ4v) is 2.92. The number of methoxy groups -OCH3 is 1. The van der Waals surface area contributed by atoms with E-state index in [-0.39, 0.29) is 36.6 Å². The zero-order chi connectivity index (χ0) is 18.7. The van der Waals surface area contributed by atoms with Crippen LogP contribution in [0.2, 0.25) is 0 Å². The molecule has 0 bridgehead atoms. The first-order valence-corrected chi connectivity index (χ1v) is 8.38. The number of nitrogens with zero attached hydrogens (tertiary/aromatic N) is 1. The van der Waals surface area contributed by atoms with Gasteiger partial charge in [0, 0.05) is 12.7 Å². The van der Waals surface area contributed by atoms with E-state index in [4.69, 9.17) is 4.74 Å². The Hall–Kier alpha value is -2.99. The molecule has 1 aliphatic rings. The largest absolute Gasteiger partial charge is 0.383 e. The van der Waals surface area contributed by atoms with E-state index in [2.05, 4.69) is 5.32 Å². The van der Waals surface area contributed by atoms with Crippen LogP contribution in [0.5, 0.6) is 0 Å². The van der Waals surface area contributed by atoms with Gasteiger partial charge in [-0.2, -0.15) is 0 Å². The van der Waals surface area contributed by atoms with E-state index < -0.39 is 5.91 Å². The second kappa shape index (κ2) is 7.49. The van der Waals surface area contributed by atoms with Crippen molar-refractivity contribution in [3.63, 3.8) is 0 Å². The topological polar surface area (TPSA) is 75.7 Å². The Kier molecular flexibility index (Phi) is 5.14. The SMILES string of the molecule is COCCN1C(=O)c2ccc(C(=O)N[C@@H](C)c3ccccc3)cc2C1=O. The van der Waals surface area contributed by atoms with Gasteiger partial charge in [-0.3, -0.25) is 19.3 Å². The number of ether oxygens (including phenoxy) is 1. The summed E-state index contributed by atoms with van der Waals surface area (Å²) < 4.78 is 4.94. The van der Waals surface area contributed by atoms with Crippen molar-refractivity contribution in [2.24, 2.45) is 0 Å². The van der Waals surface area contributed by atoms with E-state index in [0.29, 0.717) is 11.1 Å². The molecule has 1 aliphatic heterocycles. The molecule has 2 aromatic carbocycles. The van der Waals surface area contributed by atoms with Gasteiger partial charge in [-0.05, 0) is 30.7 Å². The van der Waals surface area contributed by atoms with Crippen LogP contribution in [-0.2, 0) is 4.74 Å². The lowest BCUT2D eigenvalue weighted by atomic mass is 10.0. The number of hydrogen-bond donors (Lipinski definition) is 1. The van der Waals surface area contributed by atoms with Gasteiger partial charge in [-0.15, -0.1) is 0 Å². The minimum absolute atomic E-state index is 0.174. The lowest BCUT2D eigenvalue weighted by Crippen LogP contribution is -2.32. The molecule has 3 amide bonds. The molecule has 1 N–H and O–H groups in total. The highest BCUT2D eigenvalue weighted by Crippen LogP contribution is 2.24. The van der Waals surface area contributed by atoms with Crippen molar-refractivity contribution < 1.29 is 19.1 Å². The maximum absolute atomic E-state index is 12.5. The molecule has 0 aliphatic carbocycles. The average Bonchev–Trinajstić information content (AvgIpc) is 2.90. The quantitative estimate of drug-likeness (QED) is 0.810. The number of carbonyl (C=O) groups excluding carboxylic acids is 3. The van der Waals surface area contributed by atoms with Gasteiger partial charge in [0.05, 0.1) is 30.3 Å². The summed E-state index contributed by atoms with van der Waals surface area (Å²) in [5.41, 5.74) is 1.91. The van der Waals surface area contributed by atoms with Crippen molar-refractivity contribution >= 4 is 17.7 Å². The lowest BCUT2D eigenvalue weighted by molar-refractivity contribution is 0.0603. The van der Waals surface area contributed by atoms with Crippen molar-refractivity contribution in [2.75, 3.05) is 20.3 Å². The van der Waals surface area contributed by atoms with E-state index in [0.717, 1.165) is 10.5 Å². The van der Waals surface area contributed by atoms with E-state index in [1.807, 2.05) is 37.3 Å². The van der Waals surface area contributed by atoms with E-state index in [9.17, 15) is 14.4 Å². The second-order valence-electron chi connectivity index (χ2n) is 6.12. The molecular weight excluding hydrogens is 332 g/mol. The van der Waals surface area contributed by atoms with Gasteiger partial charge in [0.2, 0.25) is 0 Å². The molecule has 0 unspecified atom stereocenters. The highest BCUT2D eigenvalue weighted by molar-refractivity contribution is 6.22. The molecule has 134 valence electrons. The molecule has 0 radical (unpaired) electrons. The van der Waals surface area contributed by atoms with Crippen molar-refractivity contribution in [3.05, 3.63) is 70.8 Å². The Morgan fingerprint density at radius 2 is 1.77 bits per heavy atom. The second-order valence-corrected chi connectivity index (χ2v) is 6.12. The molecule has 0 spiro atoms. The van der Waals surface area contributed by atoms with Crippen molar-refractivity contribution in [2.45, 2.75) is 13.0 Å². The van der Waals surface area contributed by atoms with Crippen LogP contribution in [0.15, 0.2) is 48.5 Å².